The molecule has 0 bridgehead atoms. The average molecular weight is 350 g/mol. The van der Waals surface area contributed by atoms with Crippen LogP contribution < -0.4 is 11.1 Å². The topological polar surface area (TPSA) is 119 Å². The second-order valence-electron chi connectivity index (χ2n) is 6.21. The molecule has 0 aliphatic carbocycles. The van der Waals surface area contributed by atoms with Gasteiger partial charge >= 0.3 is 11.9 Å². The Morgan fingerprint density at radius 1 is 1.20 bits per heavy atom. The Labute approximate surface area is 147 Å². The second kappa shape index (κ2) is 10.5. The van der Waals surface area contributed by atoms with Gasteiger partial charge in [0.2, 0.25) is 5.91 Å². The van der Waals surface area contributed by atoms with Gasteiger partial charge < -0.3 is 20.9 Å². The van der Waals surface area contributed by atoms with Crippen LogP contribution in [-0.2, 0) is 25.7 Å². The van der Waals surface area contributed by atoms with Crippen LogP contribution in [0, 0.1) is 5.92 Å². The summed E-state index contributed by atoms with van der Waals surface area (Å²) in [4.78, 5) is 34.7. The van der Waals surface area contributed by atoms with Crippen molar-refractivity contribution in [3.63, 3.8) is 0 Å². The summed E-state index contributed by atoms with van der Waals surface area (Å²) in [6.07, 6.45) is 0.818. The van der Waals surface area contributed by atoms with Gasteiger partial charge in [-0.1, -0.05) is 44.2 Å². The van der Waals surface area contributed by atoms with Crippen molar-refractivity contribution in [2.45, 2.75) is 51.8 Å². The summed E-state index contributed by atoms with van der Waals surface area (Å²) >= 11 is 0. The number of esters is 1. The summed E-state index contributed by atoms with van der Waals surface area (Å²) in [5.41, 5.74) is 6.66. The van der Waals surface area contributed by atoms with Gasteiger partial charge in [-0.05, 0) is 24.3 Å². The first kappa shape index (κ1) is 20.6. The number of rotatable bonds is 10. The van der Waals surface area contributed by atoms with E-state index in [0.29, 0.717) is 6.42 Å². The summed E-state index contributed by atoms with van der Waals surface area (Å²) in [5.74, 6) is -2.23. The van der Waals surface area contributed by atoms with Gasteiger partial charge in [0, 0.05) is 6.42 Å². The van der Waals surface area contributed by atoms with E-state index in [4.69, 9.17) is 15.6 Å². The van der Waals surface area contributed by atoms with Gasteiger partial charge in [0.1, 0.15) is 12.6 Å². The van der Waals surface area contributed by atoms with Crippen molar-refractivity contribution in [1.82, 2.24) is 5.32 Å². The van der Waals surface area contributed by atoms with E-state index in [0.717, 1.165) is 5.56 Å². The summed E-state index contributed by atoms with van der Waals surface area (Å²) < 4.78 is 5.14. The first-order valence-electron chi connectivity index (χ1n) is 8.29. The standard InChI is InChI=1S/C18H26N2O5/c1-12(2)16(18(23)24)20-17(22)14(19)9-6-10-15(21)25-11-13-7-4-3-5-8-13/h3-5,7-8,12,14,16H,6,9-11,19H2,1-2H3,(H,20,22)(H,23,24). The smallest absolute Gasteiger partial charge is 0.326 e. The number of hydrogen-bond acceptors (Lipinski definition) is 5. The fourth-order valence-corrected chi connectivity index (χ4v) is 2.18. The molecule has 4 N–H and O–H groups in total. The molecule has 0 aliphatic heterocycles. The lowest BCUT2D eigenvalue weighted by molar-refractivity contribution is -0.145. The fourth-order valence-electron chi connectivity index (χ4n) is 2.18. The largest absolute Gasteiger partial charge is 0.480 e. The molecule has 0 saturated heterocycles. The first-order valence-corrected chi connectivity index (χ1v) is 8.29. The lowest BCUT2D eigenvalue weighted by Crippen LogP contribution is -2.50. The number of nitrogens with two attached hydrogens (primary N) is 1. The molecule has 0 fully saturated rings. The minimum atomic E-state index is -1.10. The molecule has 0 aliphatic rings. The van der Waals surface area contributed by atoms with Crippen molar-refractivity contribution < 1.29 is 24.2 Å². The molecule has 0 heterocycles. The molecule has 1 amide bonds. The van der Waals surface area contributed by atoms with Crippen LogP contribution in [-0.4, -0.2) is 35.0 Å². The number of aliphatic carboxylic acids is 1. The third kappa shape index (κ3) is 7.80. The summed E-state index contributed by atoms with van der Waals surface area (Å²) in [6.45, 7) is 3.61. The van der Waals surface area contributed by atoms with Crippen LogP contribution in [0.1, 0.15) is 38.7 Å². The van der Waals surface area contributed by atoms with Gasteiger partial charge in [0.15, 0.2) is 0 Å². The zero-order chi connectivity index (χ0) is 18.8. The van der Waals surface area contributed by atoms with E-state index in [1.54, 1.807) is 13.8 Å². The van der Waals surface area contributed by atoms with Crippen molar-refractivity contribution in [3.8, 4) is 0 Å². The average Bonchev–Trinajstić information content (AvgIpc) is 2.57. The maximum absolute atomic E-state index is 11.9. The van der Waals surface area contributed by atoms with E-state index in [-0.39, 0.29) is 31.3 Å². The molecule has 0 spiro atoms. The highest BCUT2D eigenvalue weighted by Crippen LogP contribution is 2.07. The maximum Gasteiger partial charge on any atom is 0.326 e. The summed E-state index contributed by atoms with van der Waals surface area (Å²) in [5, 5.41) is 11.5. The highest BCUT2D eigenvalue weighted by atomic mass is 16.5. The molecular weight excluding hydrogens is 324 g/mol. The molecule has 1 aromatic rings. The normalized spacial score (nSPS) is 13.1. The molecule has 0 radical (unpaired) electrons. The summed E-state index contributed by atoms with van der Waals surface area (Å²) in [6, 6.07) is 7.50. The molecule has 1 rings (SSSR count). The molecule has 1 aromatic carbocycles. The molecule has 0 saturated carbocycles. The molecule has 2 unspecified atom stereocenters. The van der Waals surface area contributed by atoms with Gasteiger partial charge in [-0.2, -0.15) is 0 Å². The number of hydrogen-bond donors (Lipinski definition) is 3. The van der Waals surface area contributed by atoms with Crippen molar-refractivity contribution in [2.24, 2.45) is 11.7 Å². The highest BCUT2D eigenvalue weighted by molar-refractivity contribution is 5.86. The van der Waals surface area contributed by atoms with Crippen LogP contribution in [0.3, 0.4) is 0 Å². The third-order valence-electron chi connectivity index (χ3n) is 3.71. The molecule has 7 heteroatoms. The van der Waals surface area contributed by atoms with Crippen LogP contribution >= 0.6 is 0 Å². The van der Waals surface area contributed by atoms with E-state index < -0.39 is 24.0 Å². The number of amides is 1. The van der Waals surface area contributed by atoms with Crippen molar-refractivity contribution in [1.29, 1.82) is 0 Å². The zero-order valence-electron chi connectivity index (χ0n) is 14.6. The molecule has 25 heavy (non-hydrogen) atoms. The Morgan fingerprint density at radius 3 is 2.40 bits per heavy atom. The van der Waals surface area contributed by atoms with E-state index in [1.807, 2.05) is 30.3 Å². The number of nitrogens with one attached hydrogen (secondary N) is 1. The third-order valence-corrected chi connectivity index (χ3v) is 3.71. The number of carboxylic acid groups (broad SMARTS) is 1. The van der Waals surface area contributed by atoms with Crippen molar-refractivity contribution in [3.05, 3.63) is 35.9 Å². The van der Waals surface area contributed by atoms with Crippen LogP contribution in [0.5, 0.6) is 0 Å². The van der Waals surface area contributed by atoms with Crippen LogP contribution in [0.4, 0.5) is 0 Å². The van der Waals surface area contributed by atoms with Crippen molar-refractivity contribution in [2.75, 3.05) is 0 Å². The minimum absolute atomic E-state index is 0.153. The maximum atomic E-state index is 11.9. The van der Waals surface area contributed by atoms with Gasteiger partial charge in [-0.25, -0.2) is 4.79 Å². The number of carbonyl (C=O) groups is 3. The van der Waals surface area contributed by atoms with E-state index >= 15 is 0 Å². The lowest BCUT2D eigenvalue weighted by Gasteiger charge is -2.20. The second-order valence-corrected chi connectivity index (χ2v) is 6.21. The van der Waals surface area contributed by atoms with Crippen LogP contribution in [0.15, 0.2) is 30.3 Å². The Morgan fingerprint density at radius 2 is 1.84 bits per heavy atom. The Bertz CT molecular complexity index is 574. The number of carboxylic acids is 1. The Balaban J connectivity index is 2.28. The Hall–Kier alpha value is -2.41. The van der Waals surface area contributed by atoms with Gasteiger partial charge in [0.05, 0.1) is 6.04 Å². The van der Waals surface area contributed by atoms with Gasteiger partial charge in [-0.3, -0.25) is 9.59 Å². The molecule has 0 aromatic heterocycles. The van der Waals surface area contributed by atoms with E-state index in [2.05, 4.69) is 5.32 Å². The zero-order valence-corrected chi connectivity index (χ0v) is 14.6. The van der Waals surface area contributed by atoms with E-state index in [9.17, 15) is 14.4 Å². The lowest BCUT2D eigenvalue weighted by atomic mass is 10.0. The quantitative estimate of drug-likeness (QED) is 0.550. The number of benzene rings is 1. The first-order chi connectivity index (χ1) is 11.8. The SMILES string of the molecule is CC(C)C(NC(=O)C(N)CCCC(=O)OCc1ccccc1)C(=O)O. The Kier molecular flexibility index (Phi) is 8.63. The predicted octanol–water partition coefficient (Wildman–Crippen LogP) is 1.45. The van der Waals surface area contributed by atoms with Gasteiger partial charge in [-0.15, -0.1) is 0 Å². The minimum Gasteiger partial charge on any atom is -0.480 e. The molecule has 7 nitrogen and oxygen atoms in total. The predicted molar refractivity (Wildman–Crippen MR) is 92.5 cm³/mol. The van der Waals surface area contributed by atoms with Crippen LogP contribution in [0.2, 0.25) is 0 Å². The van der Waals surface area contributed by atoms with E-state index in [1.165, 1.54) is 0 Å². The van der Waals surface area contributed by atoms with Gasteiger partial charge in [0.25, 0.3) is 0 Å². The summed E-state index contributed by atoms with van der Waals surface area (Å²) in [7, 11) is 0. The monoisotopic (exact) mass is 350 g/mol. The number of carbonyl (C=O) groups excluding carboxylic acids is 2. The molecular formula is C18H26N2O5. The fraction of sp³-hybridized carbons (Fsp3) is 0.500. The highest BCUT2D eigenvalue weighted by Gasteiger charge is 2.25. The van der Waals surface area contributed by atoms with Crippen LogP contribution in [0.25, 0.3) is 0 Å². The number of ether oxygens (including phenoxy) is 1. The molecule has 138 valence electrons. The molecule has 2 atom stereocenters. The van der Waals surface area contributed by atoms with Crippen molar-refractivity contribution >= 4 is 17.8 Å².